The van der Waals surface area contributed by atoms with Gasteiger partial charge in [0.25, 0.3) is 5.91 Å². The fourth-order valence-electron chi connectivity index (χ4n) is 4.22. The van der Waals surface area contributed by atoms with Gasteiger partial charge in [-0.2, -0.15) is 0 Å². The van der Waals surface area contributed by atoms with Crippen molar-refractivity contribution >= 4 is 29.1 Å². The number of carbonyl (C=O) groups excluding carboxylic acids is 3. The second-order valence-corrected chi connectivity index (χ2v) is 8.81. The summed E-state index contributed by atoms with van der Waals surface area (Å²) in [5, 5.41) is 5.79. The van der Waals surface area contributed by atoms with Crippen LogP contribution in [0, 0.1) is 5.92 Å². The average Bonchev–Trinajstić information content (AvgIpc) is 3.33. The lowest BCUT2D eigenvalue weighted by molar-refractivity contribution is -0.126. The summed E-state index contributed by atoms with van der Waals surface area (Å²) in [7, 11) is 1.60. The van der Waals surface area contributed by atoms with Crippen LogP contribution in [0.3, 0.4) is 0 Å². The number of ether oxygens (including phenoxy) is 2. The van der Waals surface area contributed by atoms with E-state index in [0.29, 0.717) is 24.5 Å². The smallest absolute Gasteiger partial charge is 0.262 e. The number of amides is 3. The minimum atomic E-state index is -0.420. The summed E-state index contributed by atoms with van der Waals surface area (Å²) in [5.41, 5.74) is 3.48. The molecule has 3 aromatic carbocycles. The highest BCUT2D eigenvalue weighted by Gasteiger charge is 2.35. The lowest BCUT2D eigenvalue weighted by Crippen LogP contribution is -2.32. The summed E-state index contributed by atoms with van der Waals surface area (Å²) in [6.45, 7) is 2.60. The number of hydrogen-bond acceptors (Lipinski definition) is 5. The molecule has 192 valence electrons. The number of rotatable bonds is 10. The molecule has 2 N–H and O–H groups in total. The Labute approximate surface area is 216 Å². The van der Waals surface area contributed by atoms with Crippen LogP contribution in [0.15, 0.2) is 72.8 Å². The van der Waals surface area contributed by atoms with Crippen LogP contribution < -0.4 is 25.0 Å². The highest BCUT2D eigenvalue weighted by Crippen LogP contribution is 2.27. The Hall–Kier alpha value is -4.33. The number of nitrogens with one attached hydrogen (secondary N) is 2. The van der Waals surface area contributed by atoms with Gasteiger partial charge in [0.2, 0.25) is 11.8 Å². The van der Waals surface area contributed by atoms with E-state index >= 15 is 0 Å². The molecule has 0 aliphatic carbocycles. The summed E-state index contributed by atoms with van der Waals surface area (Å²) in [6, 6.07) is 22.1. The topological polar surface area (TPSA) is 97.0 Å². The summed E-state index contributed by atoms with van der Waals surface area (Å²) in [6.07, 6.45) is 0.977. The summed E-state index contributed by atoms with van der Waals surface area (Å²) >= 11 is 0. The van der Waals surface area contributed by atoms with Crippen molar-refractivity contribution in [2.45, 2.75) is 26.3 Å². The van der Waals surface area contributed by atoms with Crippen LogP contribution in [0.2, 0.25) is 0 Å². The molecule has 3 aromatic rings. The highest BCUT2D eigenvalue weighted by molar-refractivity contribution is 6.00. The first-order valence-corrected chi connectivity index (χ1v) is 12.3. The second kappa shape index (κ2) is 12.1. The molecule has 37 heavy (non-hydrogen) atoms. The van der Waals surface area contributed by atoms with E-state index in [1.165, 1.54) is 0 Å². The number of anilines is 2. The molecule has 1 aliphatic rings. The first-order chi connectivity index (χ1) is 18.0. The molecule has 0 unspecified atom stereocenters. The van der Waals surface area contributed by atoms with Gasteiger partial charge < -0.3 is 25.0 Å². The van der Waals surface area contributed by atoms with E-state index in [4.69, 9.17) is 9.47 Å². The van der Waals surface area contributed by atoms with Gasteiger partial charge in [-0.15, -0.1) is 0 Å². The lowest BCUT2D eigenvalue weighted by atomic mass is 10.1. The predicted molar refractivity (Wildman–Crippen MR) is 142 cm³/mol. The number of carbonyl (C=O) groups is 3. The van der Waals surface area contributed by atoms with Crippen molar-refractivity contribution in [2.24, 2.45) is 5.92 Å². The lowest BCUT2D eigenvalue weighted by Gasteiger charge is -2.17. The Kier molecular flexibility index (Phi) is 8.40. The molecule has 1 heterocycles. The minimum Gasteiger partial charge on any atom is -0.497 e. The zero-order chi connectivity index (χ0) is 26.2. The molecular formula is C29H31N3O5. The normalized spacial score (nSPS) is 14.8. The summed E-state index contributed by atoms with van der Waals surface area (Å²) in [4.78, 5) is 39.2. The zero-order valence-electron chi connectivity index (χ0n) is 21.0. The molecule has 8 nitrogen and oxygen atoms in total. The molecule has 1 fully saturated rings. The highest BCUT2D eigenvalue weighted by atomic mass is 16.5. The molecule has 0 aromatic heterocycles. The summed E-state index contributed by atoms with van der Waals surface area (Å²) < 4.78 is 10.8. The fraction of sp³-hybridized carbons (Fsp3) is 0.276. The van der Waals surface area contributed by atoms with E-state index in [0.717, 1.165) is 29.0 Å². The van der Waals surface area contributed by atoms with Gasteiger partial charge in [-0.3, -0.25) is 14.4 Å². The maximum atomic E-state index is 12.7. The Morgan fingerprint density at radius 1 is 0.973 bits per heavy atom. The molecule has 3 amide bonds. The van der Waals surface area contributed by atoms with E-state index < -0.39 is 5.92 Å². The van der Waals surface area contributed by atoms with Crippen LogP contribution in [0.5, 0.6) is 11.5 Å². The number of benzene rings is 3. The van der Waals surface area contributed by atoms with Gasteiger partial charge in [0.05, 0.1) is 13.0 Å². The SMILES string of the molecule is CCc1ccccc1NC(=O)COc1ccc(N2C[C@@H](C(=O)NCc3ccc(OC)cc3)CC2=O)cc1. The van der Waals surface area contributed by atoms with Crippen molar-refractivity contribution in [3.63, 3.8) is 0 Å². The van der Waals surface area contributed by atoms with Crippen LogP contribution in [-0.2, 0) is 27.3 Å². The minimum absolute atomic E-state index is 0.104. The molecule has 0 radical (unpaired) electrons. The third kappa shape index (κ3) is 6.67. The van der Waals surface area contributed by atoms with Gasteiger partial charge in [-0.1, -0.05) is 37.3 Å². The second-order valence-electron chi connectivity index (χ2n) is 8.81. The van der Waals surface area contributed by atoms with Crippen molar-refractivity contribution in [1.82, 2.24) is 5.32 Å². The Morgan fingerprint density at radius 2 is 1.68 bits per heavy atom. The zero-order valence-corrected chi connectivity index (χ0v) is 21.0. The third-order valence-electron chi connectivity index (χ3n) is 6.31. The maximum absolute atomic E-state index is 12.7. The summed E-state index contributed by atoms with van der Waals surface area (Å²) in [5.74, 6) is 0.349. The molecule has 0 saturated carbocycles. The van der Waals surface area contributed by atoms with E-state index in [2.05, 4.69) is 10.6 Å². The molecule has 1 aliphatic heterocycles. The van der Waals surface area contributed by atoms with Gasteiger partial charge in [-0.05, 0) is 60.0 Å². The van der Waals surface area contributed by atoms with Crippen LogP contribution in [0.1, 0.15) is 24.5 Å². The first kappa shape index (κ1) is 25.8. The van der Waals surface area contributed by atoms with E-state index in [1.807, 2.05) is 55.5 Å². The van der Waals surface area contributed by atoms with E-state index in [1.54, 1.807) is 36.3 Å². The van der Waals surface area contributed by atoms with Crippen molar-refractivity contribution in [3.05, 3.63) is 83.9 Å². The van der Waals surface area contributed by atoms with Gasteiger partial charge in [0.1, 0.15) is 11.5 Å². The largest absolute Gasteiger partial charge is 0.497 e. The van der Waals surface area contributed by atoms with Crippen molar-refractivity contribution in [1.29, 1.82) is 0 Å². The number of para-hydroxylation sites is 1. The van der Waals surface area contributed by atoms with Gasteiger partial charge >= 0.3 is 0 Å². The van der Waals surface area contributed by atoms with Crippen molar-refractivity contribution < 1.29 is 23.9 Å². The van der Waals surface area contributed by atoms with E-state index in [-0.39, 0.29) is 30.7 Å². The quantitative estimate of drug-likeness (QED) is 0.439. The number of methoxy groups -OCH3 is 1. The predicted octanol–water partition coefficient (Wildman–Crippen LogP) is 3.94. The standard InChI is InChI=1S/C29H31N3O5/c1-3-21-6-4-5-7-26(21)31-27(33)19-37-25-14-10-23(11-15-25)32-18-22(16-28(32)34)29(35)30-17-20-8-12-24(36-2)13-9-20/h4-15,22H,3,16-19H2,1-2H3,(H,30,35)(H,31,33)/t22-/m0/s1. The number of nitrogens with zero attached hydrogens (tertiary/aromatic N) is 1. The molecule has 0 spiro atoms. The van der Waals surface area contributed by atoms with Gasteiger partial charge in [0, 0.05) is 30.9 Å². The van der Waals surface area contributed by atoms with Crippen LogP contribution >= 0.6 is 0 Å². The van der Waals surface area contributed by atoms with Gasteiger partial charge in [0.15, 0.2) is 6.61 Å². The van der Waals surface area contributed by atoms with Crippen LogP contribution in [0.25, 0.3) is 0 Å². The molecule has 1 atom stereocenters. The molecule has 0 bridgehead atoms. The Balaban J connectivity index is 1.26. The third-order valence-corrected chi connectivity index (χ3v) is 6.31. The number of aryl methyl sites for hydroxylation is 1. The molecule has 1 saturated heterocycles. The Bertz CT molecular complexity index is 1240. The fourth-order valence-corrected chi connectivity index (χ4v) is 4.22. The van der Waals surface area contributed by atoms with Crippen molar-refractivity contribution in [3.8, 4) is 11.5 Å². The molecule has 4 rings (SSSR count). The van der Waals surface area contributed by atoms with E-state index in [9.17, 15) is 14.4 Å². The average molecular weight is 502 g/mol. The van der Waals surface area contributed by atoms with Gasteiger partial charge in [-0.25, -0.2) is 0 Å². The molecule has 8 heteroatoms. The number of hydrogen-bond donors (Lipinski definition) is 2. The maximum Gasteiger partial charge on any atom is 0.262 e. The first-order valence-electron chi connectivity index (χ1n) is 12.3. The Morgan fingerprint density at radius 3 is 2.38 bits per heavy atom. The van der Waals surface area contributed by atoms with Crippen LogP contribution in [0.4, 0.5) is 11.4 Å². The monoisotopic (exact) mass is 501 g/mol. The van der Waals surface area contributed by atoms with Crippen molar-refractivity contribution in [2.75, 3.05) is 30.5 Å². The van der Waals surface area contributed by atoms with Crippen LogP contribution in [-0.4, -0.2) is 38.0 Å². The molecular weight excluding hydrogens is 470 g/mol.